The Kier molecular flexibility index (Phi) is 7.22. The van der Waals surface area contributed by atoms with E-state index in [9.17, 15) is 14.9 Å². The van der Waals surface area contributed by atoms with Gasteiger partial charge < -0.3 is 15.0 Å². The number of benzene rings is 3. The number of nitrogens with zero attached hydrogens (tertiary/aromatic N) is 2. The molecule has 0 spiro atoms. The molecule has 0 bridgehead atoms. The fourth-order valence-electron chi connectivity index (χ4n) is 3.98. The Morgan fingerprint density at radius 1 is 1.03 bits per heavy atom. The van der Waals surface area contributed by atoms with E-state index in [0.717, 1.165) is 16.7 Å². The zero-order valence-electron chi connectivity index (χ0n) is 19.4. The van der Waals surface area contributed by atoms with Crippen LogP contribution in [0, 0.1) is 17.0 Å². The molecular formula is C27H25N3O4S. The second kappa shape index (κ2) is 10.5. The summed E-state index contributed by atoms with van der Waals surface area (Å²) in [6.07, 6.45) is 0. The van der Waals surface area contributed by atoms with Gasteiger partial charge in [0.2, 0.25) is 0 Å². The Morgan fingerprint density at radius 2 is 1.74 bits per heavy atom. The number of hydrogen-bond acceptors (Lipinski definition) is 5. The summed E-state index contributed by atoms with van der Waals surface area (Å²) in [6, 6.07) is 23.0. The van der Waals surface area contributed by atoms with Crippen LogP contribution in [-0.4, -0.2) is 20.9 Å². The number of carbonyl (C=O) groups excluding carboxylic acids is 1. The van der Waals surface area contributed by atoms with Gasteiger partial charge in [-0.2, -0.15) is 0 Å². The molecule has 4 rings (SSSR count). The van der Waals surface area contributed by atoms with Crippen LogP contribution in [0.15, 0.2) is 90.1 Å². The van der Waals surface area contributed by atoms with Gasteiger partial charge in [0.1, 0.15) is 6.61 Å². The van der Waals surface area contributed by atoms with Gasteiger partial charge in [0.15, 0.2) is 5.11 Å². The number of nitro benzene ring substituents is 1. The van der Waals surface area contributed by atoms with Crippen LogP contribution in [0.4, 0.5) is 5.69 Å². The first kappa shape index (κ1) is 24.1. The van der Waals surface area contributed by atoms with E-state index in [1.165, 1.54) is 12.1 Å². The van der Waals surface area contributed by atoms with E-state index >= 15 is 0 Å². The number of nitro groups is 1. The number of allylic oxidation sites excluding steroid dienone is 1. The maximum atomic E-state index is 13.4. The second-order valence-electron chi connectivity index (χ2n) is 8.37. The number of rotatable bonds is 7. The molecule has 8 heteroatoms. The second-order valence-corrected chi connectivity index (χ2v) is 8.75. The zero-order valence-corrected chi connectivity index (χ0v) is 20.2. The standard InChI is InChI=1S/C27H25N3O4S/c1-18-11-13-20(14-12-18)16-29-19(2)24(26(31)34-17-21-7-4-3-5-8-21)25(28-27(29)35)22-9-6-10-23(15-22)30(32)33/h3-15,25H,16-17H2,1-2H3,(H,28,35)/t25-/m1/s1. The van der Waals surface area contributed by atoms with Gasteiger partial charge in [0.05, 0.1) is 16.5 Å². The summed E-state index contributed by atoms with van der Waals surface area (Å²) in [5.41, 5.74) is 4.54. The highest BCUT2D eigenvalue weighted by Gasteiger charge is 2.35. The summed E-state index contributed by atoms with van der Waals surface area (Å²) in [6.45, 7) is 4.42. The molecule has 178 valence electrons. The molecule has 3 aromatic rings. The van der Waals surface area contributed by atoms with Crippen molar-refractivity contribution >= 4 is 29.0 Å². The summed E-state index contributed by atoms with van der Waals surface area (Å²) in [5, 5.41) is 15.0. The van der Waals surface area contributed by atoms with Gasteiger partial charge in [0, 0.05) is 24.4 Å². The van der Waals surface area contributed by atoms with Crippen LogP contribution in [0.3, 0.4) is 0 Å². The number of ether oxygens (including phenoxy) is 1. The molecule has 0 saturated heterocycles. The average Bonchev–Trinajstić information content (AvgIpc) is 2.86. The maximum Gasteiger partial charge on any atom is 0.338 e. The molecule has 3 aromatic carbocycles. The van der Waals surface area contributed by atoms with Gasteiger partial charge in [0.25, 0.3) is 5.69 Å². The van der Waals surface area contributed by atoms with E-state index in [2.05, 4.69) is 5.32 Å². The third-order valence-corrected chi connectivity index (χ3v) is 6.24. The topological polar surface area (TPSA) is 84.7 Å². The smallest absolute Gasteiger partial charge is 0.338 e. The lowest BCUT2D eigenvalue weighted by atomic mass is 9.94. The summed E-state index contributed by atoms with van der Waals surface area (Å²) >= 11 is 5.67. The Labute approximate surface area is 209 Å². The SMILES string of the molecule is CC1=C(C(=O)OCc2ccccc2)[C@@H](c2cccc([N+](=O)[O-])c2)NC(=S)N1Cc1ccc(C)cc1. The number of nitrogens with one attached hydrogen (secondary N) is 1. The van der Waals surface area contributed by atoms with Gasteiger partial charge in [-0.05, 0) is 42.8 Å². The normalized spacial score (nSPS) is 15.5. The van der Waals surface area contributed by atoms with Crippen LogP contribution in [0.5, 0.6) is 0 Å². The number of aryl methyl sites for hydroxylation is 1. The number of hydrogen-bond donors (Lipinski definition) is 1. The molecule has 0 fully saturated rings. The first-order valence-corrected chi connectivity index (χ1v) is 11.5. The Bertz CT molecular complexity index is 1290. The molecule has 1 aliphatic heterocycles. The summed E-state index contributed by atoms with van der Waals surface area (Å²) < 4.78 is 5.68. The van der Waals surface area contributed by atoms with Crippen molar-refractivity contribution in [3.8, 4) is 0 Å². The summed E-state index contributed by atoms with van der Waals surface area (Å²) in [5.74, 6) is -0.508. The minimum atomic E-state index is -0.681. The Hall–Kier alpha value is -4.04. The molecule has 0 aliphatic carbocycles. The molecule has 35 heavy (non-hydrogen) atoms. The predicted molar refractivity (Wildman–Crippen MR) is 137 cm³/mol. The summed E-state index contributed by atoms with van der Waals surface area (Å²) in [7, 11) is 0. The lowest BCUT2D eigenvalue weighted by Gasteiger charge is -2.37. The molecule has 1 heterocycles. The van der Waals surface area contributed by atoms with E-state index in [4.69, 9.17) is 17.0 Å². The average molecular weight is 488 g/mol. The zero-order chi connectivity index (χ0) is 24.9. The predicted octanol–water partition coefficient (Wildman–Crippen LogP) is 5.35. The highest BCUT2D eigenvalue weighted by atomic mass is 32.1. The van der Waals surface area contributed by atoms with Crippen LogP contribution < -0.4 is 5.32 Å². The maximum absolute atomic E-state index is 13.4. The van der Waals surface area contributed by atoms with Crippen molar-refractivity contribution in [3.05, 3.63) is 123 Å². The van der Waals surface area contributed by atoms with E-state index in [0.29, 0.717) is 28.5 Å². The van der Waals surface area contributed by atoms with Gasteiger partial charge in [-0.3, -0.25) is 10.1 Å². The van der Waals surface area contributed by atoms with Crippen LogP contribution in [0.1, 0.15) is 35.2 Å². The minimum absolute atomic E-state index is 0.0630. The first-order chi connectivity index (χ1) is 16.8. The molecule has 0 unspecified atom stereocenters. The largest absolute Gasteiger partial charge is 0.457 e. The van der Waals surface area contributed by atoms with E-state index in [-0.39, 0.29) is 12.3 Å². The van der Waals surface area contributed by atoms with Crippen LogP contribution in [0.25, 0.3) is 0 Å². The van der Waals surface area contributed by atoms with Crippen molar-refractivity contribution in [2.75, 3.05) is 0 Å². The van der Waals surface area contributed by atoms with Gasteiger partial charge in [-0.1, -0.05) is 72.3 Å². The Balaban J connectivity index is 1.71. The van der Waals surface area contributed by atoms with Crippen molar-refractivity contribution in [3.63, 3.8) is 0 Å². The van der Waals surface area contributed by atoms with Gasteiger partial charge >= 0.3 is 5.97 Å². The minimum Gasteiger partial charge on any atom is -0.457 e. The van der Waals surface area contributed by atoms with E-state index < -0.39 is 16.9 Å². The quantitative estimate of drug-likeness (QED) is 0.208. The third-order valence-electron chi connectivity index (χ3n) is 5.90. The molecule has 1 aliphatic rings. The van der Waals surface area contributed by atoms with Crippen molar-refractivity contribution in [1.82, 2.24) is 10.2 Å². The number of non-ortho nitro benzene ring substituents is 1. The fourth-order valence-corrected chi connectivity index (χ4v) is 4.30. The van der Waals surface area contributed by atoms with Crippen molar-refractivity contribution in [2.45, 2.75) is 33.0 Å². The van der Waals surface area contributed by atoms with Gasteiger partial charge in [-0.15, -0.1) is 0 Å². The highest BCUT2D eigenvalue weighted by molar-refractivity contribution is 7.80. The number of carbonyl (C=O) groups is 1. The first-order valence-electron chi connectivity index (χ1n) is 11.1. The molecule has 0 saturated carbocycles. The highest BCUT2D eigenvalue weighted by Crippen LogP contribution is 2.33. The molecule has 7 nitrogen and oxygen atoms in total. The van der Waals surface area contributed by atoms with Crippen LogP contribution in [0.2, 0.25) is 0 Å². The lowest BCUT2D eigenvalue weighted by Crippen LogP contribution is -2.47. The Morgan fingerprint density at radius 3 is 2.43 bits per heavy atom. The fraction of sp³-hybridized carbons (Fsp3) is 0.185. The monoisotopic (exact) mass is 487 g/mol. The van der Waals surface area contributed by atoms with Gasteiger partial charge in [-0.25, -0.2) is 4.79 Å². The number of esters is 1. The summed E-state index contributed by atoms with van der Waals surface area (Å²) in [4.78, 5) is 26.2. The van der Waals surface area contributed by atoms with Crippen LogP contribution >= 0.6 is 12.2 Å². The molecule has 0 radical (unpaired) electrons. The van der Waals surface area contributed by atoms with Crippen molar-refractivity contribution < 1.29 is 14.5 Å². The molecule has 1 atom stereocenters. The molecule has 0 aromatic heterocycles. The van der Waals surface area contributed by atoms with Crippen LogP contribution in [-0.2, 0) is 22.7 Å². The number of thiocarbonyl (C=S) groups is 1. The molecular weight excluding hydrogens is 462 g/mol. The molecule has 1 N–H and O–H groups in total. The lowest BCUT2D eigenvalue weighted by molar-refractivity contribution is -0.384. The van der Waals surface area contributed by atoms with Crippen molar-refractivity contribution in [2.24, 2.45) is 0 Å². The molecule has 0 amide bonds. The van der Waals surface area contributed by atoms with E-state index in [1.54, 1.807) is 12.1 Å². The third kappa shape index (κ3) is 5.55. The van der Waals surface area contributed by atoms with Crippen molar-refractivity contribution in [1.29, 1.82) is 0 Å². The van der Waals surface area contributed by atoms with E-state index in [1.807, 2.05) is 73.3 Å².